The zero-order valence-electron chi connectivity index (χ0n) is 21.7. The van der Waals surface area contributed by atoms with E-state index in [0.29, 0.717) is 13.0 Å². The van der Waals surface area contributed by atoms with Crippen LogP contribution in [-0.4, -0.2) is 23.7 Å². The molecule has 5 aromatic rings. The van der Waals surface area contributed by atoms with E-state index in [2.05, 4.69) is 76.7 Å². The Bertz CT molecular complexity index is 1650. The van der Waals surface area contributed by atoms with Crippen LogP contribution in [0.15, 0.2) is 97.2 Å². The molecule has 3 heterocycles. The maximum Gasteiger partial charge on any atom is 0.225 e. The molecule has 0 bridgehead atoms. The van der Waals surface area contributed by atoms with Crippen LogP contribution in [0, 0.1) is 0 Å². The van der Waals surface area contributed by atoms with E-state index in [1.165, 1.54) is 22.3 Å². The summed E-state index contributed by atoms with van der Waals surface area (Å²) in [7, 11) is 0. The van der Waals surface area contributed by atoms with Crippen molar-refractivity contribution in [2.45, 2.75) is 31.7 Å². The first-order valence-electron chi connectivity index (χ1n) is 13.6. The molecule has 5 heteroatoms. The number of carbonyl (C=O) groups is 1. The first kappa shape index (κ1) is 23.6. The molecule has 0 aliphatic carbocycles. The molecule has 0 saturated carbocycles. The highest BCUT2D eigenvalue weighted by molar-refractivity contribution is 6.06. The van der Waals surface area contributed by atoms with Crippen LogP contribution in [0.1, 0.15) is 40.2 Å². The van der Waals surface area contributed by atoms with Crippen LogP contribution in [0.25, 0.3) is 10.9 Å². The average molecular weight is 515 g/mol. The predicted octanol–water partition coefficient (Wildman–Crippen LogP) is 6.72. The van der Waals surface area contributed by atoms with Gasteiger partial charge < -0.3 is 19.4 Å². The van der Waals surface area contributed by atoms with Gasteiger partial charge >= 0.3 is 0 Å². The molecule has 0 saturated heterocycles. The molecule has 194 valence electrons. The van der Waals surface area contributed by atoms with E-state index in [1.54, 1.807) is 0 Å². The number of anilines is 1. The smallest absolute Gasteiger partial charge is 0.225 e. The van der Waals surface area contributed by atoms with Crippen LogP contribution < -0.4 is 14.8 Å². The van der Waals surface area contributed by atoms with Crippen molar-refractivity contribution >= 4 is 22.5 Å². The number of nitrogens with one attached hydrogen (secondary N) is 1. The molecule has 1 atom stereocenters. The minimum Gasteiger partial charge on any atom is -0.493 e. The Morgan fingerprint density at radius 2 is 1.79 bits per heavy atom. The van der Waals surface area contributed by atoms with Crippen LogP contribution in [0.4, 0.5) is 5.69 Å². The van der Waals surface area contributed by atoms with Crippen LogP contribution in [0.3, 0.4) is 0 Å². The second-order valence-corrected chi connectivity index (χ2v) is 10.4. The van der Waals surface area contributed by atoms with E-state index in [4.69, 9.17) is 9.47 Å². The van der Waals surface area contributed by atoms with E-state index >= 15 is 0 Å². The summed E-state index contributed by atoms with van der Waals surface area (Å²) < 4.78 is 14.0. The van der Waals surface area contributed by atoms with Crippen molar-refractivity contribution in [1.29, 1.82) is 0 Å². The largest absolute Gasteiger partial charge is 0.493 e. The van der Waals surface area contributed by atoms with Crippen molar-refractivity contribution in [3.63, 3.8) is 0 Å². The van der Waals surface area contributed by atoms with E-state index in [1.807, 2.05) is 30.3 Å². The molecular weight excluding hydrogens is 484 g/mol. The van der Waals surface area contributed by atoms with Crippen molar-refractivity contribution in [1.82, 2.24) is 4.57 Å². The Hall–Kier alpha value is -4.51. The SMILES string of the molecule is O=C1CC(c2ccc(OCCc3ccc4c(c3)CCO4)cc2)c2cn(Cc3ccccc3)c3cccc(c23)N1. The van der Waals surface area contributed by atoms with Gasteiger partial charge in [-0.2, -0.15) is 0 Å². The fourth-order valence-corrected chi connectivity index (χ4v) is 5.94. The van der Waals surface area contributed by atoms with E-state index in [-0.39, 0.29) is 11.8 Å². The molecular formula is C34H30N2O3. The molecule has 5 nitrogen and oxygen atoms in total. The van der Waals surface area contributed by atoms with Crippen molar-refractivity contribution < 1.29 is 14.3 Å². The second kappa shape index (κ2) is 9.99. The Balaban J connectivity index is 1.12. The minimum absolute atomic E-state index is 0.0316. The Labute approximate surface area is 228 Å². The van der Waals surface area contributed by atoms with Gasteiger partial charge in [0, 0.05) is 43.3 Å². The van der Waals surface area contributed by atoms with Crippen LogP contribution in [0.5, 0.6) is 11.5 Å². The Kier molecular flexibility index (Phi) is 6.04. The van der Waals surface area contributed by atoms with Gasteiger partial charge in [0.1, 0.15) is 11.5 Å². The first-order valence-corrected chi connectivity index (χ1v) is 13.6. The lowest BCUT2D eigenvalue weighted by atomic mass is 9.88. The van der Waals surface area contributed by atoms with Gasteiger partial charge in [-0.15, -0.1) is 0 Å². The lowest BCUT2D eigenvalue weighted by Gasteiger charge is -2.15. The average Bonchev–Trinajstić information content (AvgIpc) is 3.54. The summed E-state index contributed by atoms with van der Waals surface area (Å²) in [5.41, 5.74) is 8.13. The normalized spacial score (nSPS) is 15.9. The zero-order chi connectivity index (χ0) is 26.2. The molecule has 7 rings (SSSR count). The number of carbonyl (C=O) groups excluding carboxylic acids is 1. The van der Waals surface area contributed by atoms with E-state index in [9.17, 15) is 4.79 Å². The third kappa shape index (κ3) is 4.65. The zero-order valence-corrected chi connectivity index (χ0v) is 21.7. The Morgan fingerprint density at radius 1 is 0.923 bits per heavy atom. The molecule has 1 aromatic heterocycles. The monoisotopic (exact) mass is 514 g/mol. The predicted molar refractivity (Wildman–Crippen MR) is 154 cm³/mol. The van der Waals surface area contributed by atoms with Crippen LogP contribution in [-0.2, 0) is 24.2 Å². The van der Waals surface area contributed by atoms with Gasteiger partial charge in [-0.1, -0.05) is 60.7 Å². The lowest BCUT2D eigenvalue weighted by Crippen LogP contribution is -2.14. The standard InChI is InChI=1S/C34H30N2O3/c37-33-20-28(25-10-12-27(13-11-25)38-17-15-23-9-14-32-26(19-23)16-18-39-32)29-22-36(21-24-5-2-1-3-6-24)31-8-4-7-30(35-33)34(29)31/h1-14,19,22,28H,15-18,20-21H2,(H,35,37). The van der Waals surface area contributed by atoms with Crippen molar-refractivity contribution in [2.24, 2.45) is 0 Å². The molecule has 0 fully saturated rings. The third-order valence-corrected chi connectivity index (χ3v) is 7.87. The number of hydrogen-bond donors (Lipinski definition) is 1. The van der Waals surface area contributed by atoms with Gasteiger partial charge in [-0.25, -0.2) is 0 Å². The summed E-state index contributed by atoms with van der Waals surface area (Å²) in [6, 6.07) is 31.3. The number of nitrogens with zero attached hydrogens (tertiary/aromatic N) is 1. The molecule has 4 aromatic carbocycles. The van der Waals surface area contributed by atoms with Crippen molar-refractivity contribution in [2.75, 3.05) is 18.5 Å². The Morgan fingerprint density at radius 3 is 2.67 bits per heavy atom. The minimum atomic E-state index is -0.0316. The molecule has 1 unspecified atom stereocenters. The molecule has 2 aliphatic heterocycles. The highest BCUT2D eigenvalue weighted by atomic mass is 16.5. The van der Waals surface area contributed by atoms with Crippen molar-refractivity contribution in [3.05, 3.63) is 125 Å². The summed E-state index contributed by atoms with van der Waals surface area (Å²) in [6.45, 7) is 2.17. The van der Waals surface area contributed by atoms with E-state index in [0.717, 1.165) is 59.6 Å². The van der Waals surface area contributed by atoms with Gasteiger partial charge in [0.2, 0.25) is 5.91 Å². The fraction of sp³-hybridized carbons (Fsp3) is 0.206. The summed E-state index contributed by atoms with van der Waals surface area (Å²) in [4.78, 5) is 12.9. The number of amides is 1. The molecule has 0 radical (unpaired) electrons. The second-order valence-electron chi connectivity index (χ2n) is 10.4. The summed E-state index contributed by atoms with van der Waals surface area (Å²) in [5, 5.41) is 4.28. The number of aromatic nitrogens is 1. The van der Waals surface area contributed by atoms with Gasteiger partial charge in [0.25, 0.3) is 0 Å². The fourth-order valence-electron chi connectivity index (χ4n) is 5.94. The van der Waals surface area contributed by atoms with Crippen molar-refractivity contribution in [3.8, 4) is 11.5 Å². The maximum absolute atomic E-state index is 12.9. The quantitative estimate of drug-likeness (QED) is 0.262. The van der Waals surface area contributed by atoms with Crippen LogP contribution >= 0.6 is 0 Å². The number of ether oxygens (including phenoxy) is 2. The topological polar surface area (TPSA) is 52.5 Å². The number of rotatable bonds is 7. The van der Waals surface area contributed by atoms with Gasteiger partial charge in [-0.05, 0) is 58.1 Å². The highest BCUT2D eigenvalue weighted by Gasteiger charge is 2.28. The number of hydrogen-bond acceptors (Lipinski definition) is 3. The maximum atomic E-state index is 12.9. The summed E-state index contributed by atoms with van der Waals surface area (Å²) >= 11 is 0. The number of benzene rings is 4. The van der Waals surface area contributed by atoms with Gasteiger partial charge in [0.15, 0.2) is 0 Å². The molecule has 39 heavy (non-hydrogen) atoms. The molecule has 2 aliphatic rings. The summed E-state index contributed by atoms with van der Waals surface area (Å²) in [5.74, 6) is 1.86. The molecule has 0 spiro atoms. The third-order valence-electron chi connectivity index (χ3n) is 7.87. The summed E-state index contributed by atoms with van der Waals surface area (Å²) in [6.07, 6.45) is 4.47. The molecule has 1 amide bonds. The lowest BCUT2D eigenvalue weighted by molar-refractivity contribution is -0.116. The number of fused-ring (bicyclic) bond motifs is 1. The van der Waals surface area contributed by atoms with Gasteiger partial charge in [-0.3, -0.25) is 4.79 Å². The van der Waals surface area contributed by atoms with E-state index < -0.39 is 0 Å². The highest BCUT2D eigenvalue weighted by Crippen LogP contribution is 2.41. The van der Waals surface area contributed by atoms with Crippen LogP contribution in [0.2, 0.25) is 0 Å². The first-order chi connectivity index (χ1) is 19.2. The molecule has 1 N–H and O–H groups in total. The van der Waals surface area contributed by atoms with Gasteiger partial charge in [0.05, 0.1) is 24.4 Å².